The molecule has 2 rings (SSSR count). The zero-order valence-electron chi connectivity index (χ0n) is 7.53. The van der Waals surface area contributed by atoms with Crippen LogP contribution >= 0.6 is 0 Å². The number of hydrogen-bond donors (Lipinski definition) is 2. The monoisotopic (exact) mass is 190 g/mol. The highest BCUT2D eigenvalue weighted by atomic mass is 16.3. The Morgan fingerprint density at radius 1 is 1.36 bits per heavy atom. The molecule has 0 bridgehead atoms. The second-order valence-corrected chi connectivity index (χ2v) is 3.27. The zero-order valence-corrected chi connectivity index (χ0v) is 7.53. The van der Waals surface area contributed by atoms with E-state index in [1.807, 2.05) is 6.07 Å². The van der Waals surface area contributed by atoms with Crippen molar-refractivity contribution in [2.24, 2.45) is 10.9 Å². The van der Waals surface area contributed by atoms with E-state index >= 15 is 0 Å². The third-order valence-corrected chi connectivity index (χ3v) is 2.36. The van der Waals surface area contributed by atoms with Crippen LogP contribution in [0.2, 0.25) is 0 Å². The van der Waals surface area contributed by atoms with Crippen LogP contribution < -0.4 is 5.84 Å². The Morgan fingerprint density at radius 3 is 2.86 bits per heavy atom. The third-order valence-electron chi connectivity index (χ3n) is 2.36. The van der Waals surface area contributed by atoms with Crippen molar-refractivity contribution in [3.05, 3.63) is 29.3 Å². The molecule has 0 atom stereocenters. The normalized spacial score (nSPS) is 18.3. The molecule has 0 saturated heterocycles. The molecule has 0 saturated carbocycles. The Kier molecular flexibility index (Phi) is 1.96. The predicted octanol–water partition coefficient (Wildman–Crippen LogP) is 0.570. The van der Waals surface area contributed by atoms with Crippen LogP contribution in [0.3, 0.4) is 0 Å². The van der Waals surface area contributed by atoms with Crippen molar-refractivity contribution < 1.29 is 9.90 Å². The Bertz CT molecular complexity index is 424. The van der Waals surface area contributed by atoms with Crippen LogP contribution in [0.15, 0.2) is 23.3 Å². The molecule has 0 aromatic heterocycles. The van der Waals surface area contributed by atoms with Crippen LogP contribution in [0.5, 0.6) is 5.75 Å². The van der Waals surface area contributed by atoms with Gasteiger partial charge in [-0.2, -0.15) is 5.10 Å². The summed E-state index contributed by atoms with van der Waals surface area (Å²) < 4.78 is 0. The first-order valence-electron chi connectivity index (χ1n) is 4.32. The second-order valence-electron chi connectivity index (χ2n) is 3.27. The van der Waals surface area contributed by atoms with Gasteiger partial charge in [0, 0.05) is 17.5 Å². The van der Waals surface area contributed by atoms with Gasteiger partial charge in [0.25, 0.3) is 0 Å². The smallest absolute Gasteiger partial charge is 0.143 e. The summed E-state index contributed by atoms with van der Waals surface area (Å²) >= 11 is 0. The standard InChI is InChI=1S/C10H10N2O2/c11-12-9-5-6(13)4-8-7(9)2-1-3-10(8)14/h1-3,14H,4-5,11H2. The summed E-state index contributed by atoms with van der Waals surface area (Å²) in [5.41, 5.74) is 1.97. The predicted molar refractivity (Wildman–Crippen MR) is 52.2 cm³/mol. The van der Waals surface area contributed by atoms with Gasteiger partial charge in [-0.15, -0.1) is 0 Å². The van der Waals surface area contributed by atoms with Gasteiger partial charge < -0.3 is 10.9 Å². The summed E-state index contributed by atoms with van der Waals surface area (Å²) in [6.07, 6.45) is 0.522. The van der Waals surface area contributed by atoms with Gasteiger partial charge in [0.1, 0.15) is 11.5 Å². The number of hydrazone groups is 1. The number of rotatable bonds is 0. The fraction of sp³-hybridized carbons (Fsp3) is 0.200. The fourth-order valence-corrected chi connectivity index (χ4v) is 1.69. The number of hydrogen-bond acceptors (Lipinski definition) is 4. The number of carbonyl (C=O) groups is 1. The number of fused-ring (bicyclic) bond motifs is 1. The first-order valence-corrected chi connectivity index (χ1v) is 4.32. The van der Waals surface area contributed by atoms with E-state index < -0.39 is 0 Å². The summed E-state index contributed by atoms with van der Waals surface area (Å²) in [6.45, 7) is 0. The van der Waals surface area contributed by atoms with Crippen molar-refractivity contribution in [2.45, 2.75) is 12.8 Å². The highest BCUT2D eigenvalue weighted by Gasteiger charge is 2.23. The molecule has 72 valence electrons. The number of phenols is 1. The molecule has 4 heteroatoms. The van der Waals surface area contributed by atoms with E-state index in [9.17, 15) is 9.90 Å². The van der Waals surface area contributed by atoms with E-state index in [4.69, 9.17) is 5.84 Å². The fourth-order valence-electron chi connectivity index (χ4n) is 1.69. The van der Waals surface area contributed by atoms with Crippen molar-refractivity contribution in [1.29, 1.82) is 0 Å². The van der Waals surface area contributed by atoms with Gasteiger partial charge in [-0.05, 0) is 6.07 Å². The van der Waals surface area contributed by atoms with Gasteiger partial charge in [0.2, 0.25) is 0 Å². The maximum Gasteiger partial charge on any atom is 0.143 e. The molecule has 0 amide bonds. The lowest BCUT2D eigenvalue weighted by atomic mass is 9.88. The molecule has 14 heavy (non-hydrogen) atoms. The molecule has 0 unspecified atom stereocenters. The van der Waals surface area contributed by atoms with E-state index in [1.165, 1.54) is 0 Å². The Morgan fingerprint density at radius 2 is 2.14 bits per heavy atom. The molecular formula is C10H10N2O2. The number of benzene rings is 1. The SMILES string of the molecule is NN=C1CC(=O)Cc2c(O)cccc21. The quantitative estimate of drug-likeness (QED) is 0.464. The largest absolute Gasteiger partial charge is 0.508 e. The maximum atomic E-state index is 11.3. The molecule has 4 nitrogen and oxygen atoms in total. The number of nitrogens with two attached hydrogens (primary N) is 1. The number of carbonyl (C=O) groups excluding carboxylic acids is 1. The zero-order chi connectivity index (χ0) is 10.1. The van der Waals surface area contributed by atoms with Crippen molar-refractivity contribution in [2.75, 3.05) is 0 Å². The first kappa shape index (κ1) is 8.74. The van der Waals surface area contributed by atoms with Gasteiger partial charge in [-0.25, -0.2) is 0 Å². The van der Waals surface area contributed by atoms with Crippen LogP contribution in [-0.4, -0.2) is 16.6 Å². The third kappa shape index (κ3) is 1.25. The van der Waals surface area contributed by atoms with E-state index in [0.29, 0.717) is 11.3 Å². The highest BCUT2D eigenvalue weighted by molar-refractivity contribution is 6.15. The topological polar surface area (TPSA) is 75.7 Å². The van der Waals surface area contributed by atoms with Crippen molar-refractivity contribution in [3.8, 4) is 5.75 Å². The molecular weight excluding hydrogens is 180 g/mol. The molecule has 0 radical (unpaired) electrons. The van der Waals surface area contributed by atoms with Crippen LogP contribution in [0.4, 0.5) is 0 Å². The lowest BCUT2D eigenvalue weighted by Gasteiger charge is -2.17. The molecule has 0 aliphatic heterocycles. The van der Waals surface area contributed by atoms with E-state index in [0.717, 1.165) is 5.56 Å². The maximum absolute atomic E-state index is 11.3. The summed E-state index contributed by atoms with van der Waals surface area (Å²) in [7, 11) is 0. The van der Waals surface area contributed by atoms with Crippen molar-refractivity contribution in [3.63, 3.8) is 0 Å². The molecule has 0 fully saturated rings. The first-order chi connectivity index (χ1) is 6.72. The molecule has 1 aromatic carbocycles. The van der Waals surface area contributed by atoms with E-state index in [2.05, 4.69) is 5.10 Å². The van der Waals surface area contributed by atoms with Crippen molar-refractivity contribution >= 4 is 11.5 Å². The summed E-state index contributed by atoms with van der Waals surface area (Å²) in [5, 5.41) is 13.1. The molecule has 1 aliphatic carbocycles. The molecule has 0 spiro atoms. The Labute approximate surface area is 81.0 Å². The van der Waals surface area contributed by atoms with Gasteiger partial charge in [-0.1, -0.05) is 12.1 Å². The summed E-state index contributed by atoms with van der Waals surface area (Å²) in [6, 6.07) is 5.09. The molecule has 1 aliphatic rings. The molecule has 3 N–H and O–H groups in total. The van der Waals surface area contributed by atoms with Gasteiger partial charge >= 0.3 is 0 Å². The van der Waals surface area contributed by atoms with E-state index in [-0.39, 0.29) is 24.4 Å². The molecule has 0 heterocycles. The minimum Gasteiger partial charge on any atom is -0.508 e. The van der Waals surface area contributed by atoms with Crippen molar-refractivity contribution in [1.82, 2.24) is 0 Å². The minimum atomic E-state index is 0.0307. The Hall–Kier alpha value is -1.84. The van der Waals surface area contributed by atoms with Crippen LogP contribution in [0, 0.1) is 0 Å². The average molecular weight is 190 g/mol. The van der Waals surface area contributed by atoms with Gasteiger partial charge in [0.05, 0.1) is 12.1 Å². The van der Waals surface area contributed by atoms with Gasteiger partial charge in [0.15, 0.2) is 0 Å². The van der Waals surface area contributed by atoms with Crippen LogP contribution in [0.25, 0.3) is 0 Å². The number of Topliss-reactive ketones (excluding diaryl/α,β-unsaturated/α-hetero) is 1. The number of aromatic hydroxyl groups is 1. The minimum absolute atomic E-state index is 0.0307. The summed E-state index contributed by atoms with van der Waals surface area (Å²) in [4.78, 5) is 11.3. The highest BCUT2D eigenvalue weighted by Crippen LogP contribution is 2.27. The Balaban J connectivity index is 2.62. The number of ketones is 1. The van der Waals surface area contributed by atoms with Crippen LogP contribution in [0.1, 0.15) is 17.5 Å². The van der Waals surface area contributed by atoms with E-state index in [1.54, 1.807) is 12.1 Å². The number of phenolic OH excluding ortho intramolecular Hbond substituents is 1. The average Bonchev–Trinajstić information content (AvgIpc) is 2.18. The number of nitrogens with zero attached hydrogens (tertiary/aromatic N) is 1. The summed E-state index contributed by atoms with van der Waals surface area (Å²) in [5.74, 6) is 5.35. The van der Waals surface area contributed by atoms with Crippen LogP contribution in [-0.2, 0) is 11.2 Å². The molecule has 1 aromatic rings. The lowest BCUT2D eigenvalue weighted by Crippen LogP contribution is -2.21. The second kappa shape index (κ2) is 3.14. The lowest BCUT2D eigenvalue weighted by molar-refractivity contribution is -0.117. The van der Waals surface area contributed by atoms with Gasteiger partial charge in [-0.3, -0.25) is 4.79 Å².